The first kappa shape index (κ1) is 8.76. The van der Waals surface area contributed by atoms with Crippen LogP contribution in [0.1, 0.15) is 36.6 Å². The summed E-state index contributed by atoms with van der Waals surface area (Å²) in [6, 6.07) is 2.18. The van der Waals surface area contributed by atoms with Crippen LogP contribution in [-0.4, -0.2) is 4.98 Å². The Balaban J connectivity index is 2.53. The second-order valence-electron chi connectivity index (χ2n) is 3.67. The normalized spacial score (nSPS) is 13.8. The maximum atomic E-state index is 6.06. The molecule has 1 nitrogen and oxygen atoms in total. The van der Waals surface area contributed by atoms with Crippen molar-refractivity contribution >= 4 is 17.7 Å². The molecule has 0 atom stereocenters. The SMILES string of the molecule is CC(C)c1cc2c(nc1Cl)C=CC2. The molecule has 0 unspecified atom stereocenters. The Morgan fingerprint density at radius 2 is 2.23 bits per heavy atom. The highest BCUT2D eigenvalue weighted by molar-refractivity contribution is 6.30. The first-order chi connectivity index (χ1) is 6.18. The summed E-state index contributed by atoms with van der Waals surface area (Å²) < 4.78 is 0. The van der Waals surface area contributed by atoms with Crippen molar-refractivity contribution in [1.29, 1.82) is 0 Å². The van der Waals surface area contributed by atoms with Crippen LogP contribution in [0.5, 0.6) is 0 Å². The highest BCUT2D eigenvalue weighted by Gasteiger charge is 2.13. The molecule has 0 saturated carbocycles. The third-order valence-electron chi connectivity index (χ3n) is 2.35. The summed E-state index contributed by atoms with van der Waals surface area (Å²) in [6.45, 7) is 4.27. The zero-order chi connectivity index (χ0) is 9.42. The molecule has 0 aliphatic heterocycles. The van der Waals surface area contributed by atoms with Gasteiger partial charge in [0, 0.05) is 0 Å². The topological polar surface area (TPSA) is 12.9 Å². The van der Waals surface area contributed by atoms with Crippen LogP contribution in [0.2, 0.25) is 5.15 Å². The van der Waals surface area contributed by atoms with Crippen molar-refractivity contribution in [3.05, 3.63) is 34.1 Å². The predicted octanol–water partition coefficient (Wildman–Crippen LogP) is 3.43. The van der Waals surface area contributed by atoms with Gasteiger partial charge in [0.05, 0.1) is 5.69 Å². The highest BCUT2D eigenvalue weighted by Crippen LogP contribution is 2.28. The van der Waals surface area contributed by atoms with E-state index in [0.717, 1.165) is 17.7 Å². The molecule has 0 radical (unpaired) electrons. The van der Waals surface area contributed by atoms with E-state index in [0.29, 0.717) is 11.1 Å². The minimum Gasteiger partial charge on any atom is -0.236 e. The second kappa shape index (κ2) is 3.15. The maximum Gasteiger partial charge on any atom is 0.133 e. The lowest BCUT2D eigenvalue weighted by Gasteiger charge is -2.09. The number of fused-ring (bicyclic) bond motifs is 1. The summed E-state index contributed by atoms with van der Waals surface area (Å²) >= 11 is 6.06. The quantitative estimate of drug-likeness (QED) is 0.623. The molecule has 13 heavy (non-hydrogen) atoms. The van der Waals surface area contributed by atoms with Gasteiger partial charge in [-0.25, -0.2) is 4.98 Å². The number of halogens is 1. The first-order valence-electron chi connectivity index (χ1n) is 4.54. The number of aromatic nitrogens is 1. The van der Waals surface area contributed by atoms with Crippen molar-refractivity contribution in [3.8, 4) is 0 Å². The van der Waals surface area contributed by atoms with Gasteiger partial charge in [-0.2, -0.15) is 0 Å². The van der Waals surface area contributed by atoms with Crippen LogP contribution < -0.4 is 0 Å². The molecule has 68 valence electrons. The van der Waals surface area contributed by atoms with Gasteiger partial charge in [-0.1, -0.05) is 37.6 Å². The smallest absolute Gasteiger partial charge is 0.133 e. The molecule has 1 aromatic heterocycles. The molecule has 2 rings (SSSR count). The van der Waals surface area contributed by atoms with Gasteiger partial charge in [-0.15, -0.1) is 0 Å². The molecular formula is C11H12ClN. The summed E-state index contributed by atoms with van der Waals surface area (Å²) in [7, 11) is 0. The van der Waals surface area contributed by atoms with Crippen molar-refractivity contribution < 1.29 is 0 Å². The number of pyridine rings is 1. The lowest BCUT2D eigenvalue weighted by Crippen LogP contribution is -1.96. The van der Waals surface area contributed by atoms with Crippen LogP contribution in [0.25, 0.3) is 6.08 Å². The van der Waals surface area contributed by atoms with Crippen molar-refractivity contribution in [1.82, 2.24) is 4.98 Å². The third kappa shape index (κ3) is 1.49. The van der Waals surface area contributed by atoms with Gasteiger partial charge in [0.2, 0.25) is 0 Å². The first-order valence-corrected chi connectivity index (χ1v) is 4.92. The fourth-order valence-electron chi connectivity index (χ4n) is 1.57. The van der Waals surface area contributed by atoms with Gasteiger partial charge in [-0.05, 0) is 29.5 Å². The molecular weight excluding hydrogens is 182 g/mol. The zero-order valence-electron chi connectivity index (χ0n) is 7.84. The van der Waals surface area contributed by atoms with Crippen LogP contribution in [0.4, 0.5) is 0 Å². The molecule has 0 bridgehead atoms. The average molecular weight is 194 g/mol. The summed E-state index contributed by atoms with van der Waals surface area (Å²) in [6.07, 6.45) is 5.16. The maximum absolute atomic E-state index is 6.06. The number of nitrogens with zero attached hydrogens (tertiary/aromatic N) is 1. The molecule has 0 spiro atoms. The Kier molecular flexibility index (Phi) is 2.12. The molecule has 1 aliphatic rings. The Morgan fingerprint density at radius 3 is 2.92 bits per heavy atom. The minimum atomic E-state index is 0.450. The minimum absolute atomic E-state index is 0.450. The molecule has 0 aromatic carbocycles. The summed E-state index contributed by atoms with van der Waals surface area (Å²) in [5, 5.41) is 0.653. The van der Waals surface area contributed by atoms with E-state index in [9.17, 15) is 0 Å². The number of hydrogen-bond acceptors (Lipinski definition) is 1. The zero-order valence-corrected chi connectivity index (χ0v) is 8.60. The Hall–Kier alpha value is -0.820. The van der Waals surface area contributed by atoms with E-state index in [-0.39, 0.29) is 0 Å². The predicted molar refractivity (Wildman–Crippen MR) is 56.1 cm³/mol. The van der Waals surface area contributed by atoms with Crippen LogP contribution in [0, 0.1) is 0 Å². The number of hydrogen-bond donors (Lipinski definition) is 0. The van der Waals surface area contributed by atoms with E-state index in [4.69, 9.17) is 11.6 Å². The van der Waals surface area contributed by atoms with Gasteiger partial charge in [0.1, 0.15) is 5.15 Å². The molecule has 1 aliphatic carbocycles. The van der Waals surface area contributed by atoms with E-state index in [1.54, 1.807) is 0 Å². The molecule has 1 heterocycles. The van der Waals surface area contributed by atoms with Crippen molar-refractivity contribution in [2.45, 2.75) is 26.2 Å². The van der Waals surface area contributed by atoms with Gasteiger partial charge >= 0.3 is 0 Å². The van der Waals surface area contributed by atoms with Crippen LogP contribution in [-0.2, 0) is 6.42 Å². The fraction of sp³-hybridized carbons (Fsp3) is 0.364. The molecule has 0 N–H and O–H groups in total. The van der Waals surface area contributed by atoms with E-state index in [2.05, 4.69) is 31.0 Å². The highest BCUT2D eigenvalue weighted by atomic mass is 35.5. The lowest BCUT2D eigenvalue weighted by atomic mass is 10.0. The van der Waals surface area contributed by atoms with Gasteiger partial charge in [0.25, 0.3) is 0 Å². The lowest BCUT2D eigenvalue weighted by molar-refractivity contribution is 0.854. The van der Waals surface area contributed by atoms with Crippen molar-refractivity contribution in [3.63, 3.8) is 0 Å². The van der Waals surface area contributed by atoms with Crippen molar-refractivity contribution in [2.75, 3.05) is 0 Å². The second-order valence-corrected chi connectivity index (χ2v) is 4.03. The summed E-state index contributed by atoms with van der Waals surface area (Å²) in [5.41, 5.74) is 3.49. The Labute approximate surface area is 83.4 Å². The standard InChI is InChI=1S/C11H12ClN/c1-7(2)9-6-8-4-3-5-10(8)13-11(9)12/h3,5-7H,4H2,1-2H3. The fourth-order valence-corrected chi connectivity index (χ4v) is 1.94. The molecule has 0 saturated heterocycles. The van der Waals surface area contributed by atoms with E-state index in [1.165, 1.54) is 5.56 Å². The third-order valence-corrected chi connectivity index (χ3v) is 2.65. The van der Waals surface area contributed by atoms with Crippen molar-refractivity contribution in [2.24, 2.45) is 0 Å². The summed E-state index contributed by atoms with van der Waals surface area (Å²) in [5.74, 6) is 0.450. The Morgan fingerprint density at radius 1 is 1.46 bits per heavy atom. The van der Waals surface area contributed by atoms with Gasteiger partial charge in [0.15, 0.2) is 0 Å². The van der Waals surface area contributed by atoms with Gasteiger partial charge < -0.3 is 0 Å². The monoisotopic (exact) mass is 193 g/mol. The molecule has 2 heteroatoms. The largest absolute Gasteiger partial charge is 0.236 e. The van der Waals surface area contributed by atoms with Gasteiger partial charge in [-0.3, -0.25) is 0 Å². The van der Waals surface area contributed by atoms with Crippen LogP contribution in [0.3, 0.4) is 0 Å². The molecule has 0 amide bonds. The van der Waals surface area contributed by atoms with E-state index < -0.39 is 0 Å². The van der Waals surface area contributed by atoms with E-state index >= 15 is 0 Å². The number of allylic oxidation sites excluding steroid dienone is 1. The van der Waals surface area contributed by atoms with Crippen LogP contribution in [0.15, 0.2) is 12.1 Å². The van der Waals surface area contributed by atoms with Crippen LogP contribution >= 0.6 is 11.6 Å². The average Bonchev–Trinajstić information content (AvgIpc) is 2.48. The summed E-state index contributed by atoms with van der Waals surface area (Å²) in [4.78, 5) is 4.35. The molecule has 0 fully saturated rings. The Bertz CT molecular complexity index is 367. The molecule has 1 aromatic rings. The number of rotatable bonds is 1. The van der Waals surface area contributed by atoms with E-state index in [1.807, 2.05) is 6.08 Å².